The lowest BCUT2D eigenvalue weighted by Gasteiger charge is -2.10. The largest absolute Gasteiger partial charge is 0.456 e. The highest BCUT2D eigenvalue weighted by molar-refractivity contribution is 5.99. The van der Waals surface area contributed by atoms with Crippen molar-refractivity contribution in [1.29, 1.82) is 0 Å². The molecule has 0 bridgehead atoms. The molecule has 0 saturated heterocycles. The van der Waals surface area contributed by atoms with Gasteiger partial charge in [-0.1, -0.05) is 29.8 Å². The Hall–Kier alpha value is -2.95. The molecule has 1 amide bonds. The molecule has 0 aliphatic heterocycles. The van der Waals surface area contributed by atoms with E-state index >= 15 is 0 Å². The number of anilines is 1. The molecule has 5 heteroatoms. The molecule has 0 heterocycles. The van der Waals surface area contributed by atoms with Gasteiger partial charge in [-0.15, -0.1) is 0 Å². The van der Waals surface area contributed by atoms with E-state index < -0.39 is 11.9 Å². The third-order valence-corrected chi connectivity index (χ3v) is 4.49. The Bertz CT molecular complexity index is 871. The molecule has 0 aliphatic rings. The molecule has 0 atom stereocenters. The summed E-state index contributed by atoms with van der Waals surface area (Å²) >= 11 is 0. The molecular formula is C22H25NO4. The summed E-state index contributed by atoms with van der Waals surface area (Å²) in [5.74, 6) is -1.07. The van der Waals surface area contributed by atoms with Crippen molar-refractivity contribution in [2.24, 2.45) is 0 Å². The zero-order chi connectivity index (χ0) is 20.0. The number of ether oxygens (including phenoxy) is 1. The summed E-state index contributed by atoms with van der Waals surface area (Å²) in [4.78, 5) is 36.1. The number of benzene rings is 2. The number of Topliss-reactive ketones (excluding diaryl/α,β-unsaturated/α-hetero) is 1. The second kappa shape index (κ2) is 9.12. The zero-order valence-corrected chi connectivity index (χ0v) is 16.2. The zero-order valence-electron chi connectivity index (χ0n) is 16.2. The molecule has 27 heavy (non-hydrogen) atoms. The highest BCUT2D eigenvalue weighted by atomic mass is 16.5. The Morgan fingerprint density at radius 2 is 1.67 bits per heavy atom. The van der Waals surface area contributed by atoms with Crippen LogP contribution in [0.1, 0.15) is 45.5 Å². The van der Waals surface area contributed by atoms with Gasteiger partial charge in [0.05, 0.1) is 6.42 Å². The van der Waals surface area contributed by atoms with Gasteiger partial charge in [-0.25, -0.2) is 0 Å². The van der Waals surface area contributed by atoms with E-state index in [-0.39, 0.29) is 25.2 Å². The molecular weight excluding hydrogens is 342 g/mol. The first-order valence-corrected chi connectivity index (χ1v) is 8.90. The van der Waals surface area contributed by atoms with E-state index in [1.54, 1.807) is 6.07 Å². The SMILES string of the molecule is Cc1ccc(C)c(C(=O)CCC(=O)OCC(=O)Nc2cccc(C)c2C)c1. The Labute approximate surface area is 159 Å². The third-order valence-electron chi connectivity index (χ3n) is 4.49. The van der Waals surface area contributed by atoms with Crippen LogP contribution in [-0.4, -0.2) is 24.3 Å². The molecule has 0 unspecified atom stereocenters. The van der Waals surface area contributed by atoms with E-state index in [0.717, 1.165) is 22.3 Å². The molecule has 142 valence electrons. The lowest BCUT2D eigenvalue weighted by molar-refractivity contribution is -0.147. The van der Waals surface area contributed by atoms with E-state index in [1.807, 2.05) is 58.0 Å². The third kappa shape index (κ3) is 5.78. The highest BCUT2D eigenvalue weighted by Crippen LogP contribution is 2.18. The monoisotopic (exact) mass is 367 g/mol. The van der Waals surface area contributed by atoms with Crippen molar-refractivity contribution < 1.29 is 19.1 Å². The maximum atomic E-state index is 12.3. The maximum absolute atomic E-state index is 12.3. The fourth-order valence-corrected chi connectivity index (χ4v) is 2.68. The van der Waals surface area contributed by atoms with Gasteiger partial charge in [-0.3, -0.25) is 14.4 Å². The van der Waals surface area contributed by atoms with Gasteiger partial charge < -0.3 is 10.1 Å². The minimum absolute atomic E-state index is 0.0526. The molecule has 0 saturated carbocycles. The first kappa shape index (κ1) is 20.4. The van der Waals surface area contributed by atoms with Crippen LogP contribution in [0.2, 0.25) is 0 Å². The number of nitrogens with one attached hydrogen (secondary N) is 1. The molecule has 0 radical (unpaired) electrons. The van der Waals surface area contributed by atoms with Crippen LogP contribution in [0.3, 0.4) is 0 Å². The van der Waals surface area contributed by atoms with E-state index in [0.29, 0.717) is 11.3 Å². The smallest absolute Gasteiger partial charge is 0.306 e. The number of carbonyl (C=O) groups excluding carboxylic acids is 3. The minimum atomic E-state index is -0.565. The fourth-order valence-electron chi connectivity index (χ4n) is 2.68. The van der Waals surface area contributed by atoms with Crippen LogP contribution in [-0.2, 0) is 14.3 Å². The number of aryl methyl sites for hydroxylation is 3. The van der Waals surface area contributed by atoms with E-state index in [1.165, 1.54) is 0 Å². The van der Waals surface area contributed by atoms with E-state index in [9.17, 15) is 14.4 Å². The molecule has 0 fully saturated rings. The summed E-state index contributed by atoms with van der Waals surface area (Å²) in [7, 11) is 0. The standard InChI is InChI=1S/C22H25NO4/c1-14-8-9-16(3)18(12-14)20(24)10-11-22(26)27-13-21(25)23-19-7-5-6-15(2)17(19)4/h5-9,12H,10-11,13H2,1-4H3,(H,23,25). The minimum Gasteiger partial charge on any atom is -0.456 e. The van der Waals surface area contributed by atoms with Gasteiger partial charge in [-0.05, 0) is 56.5 Å². The summed E-state index contributed by atoms with van der Waals surface area (Å²) in [6, 6.07) is 11.2. The van der Waals surface area contributed by atoms with Gasteiger partial charge in [0, 0.05) is 17.7 Å². The Morgan fingerprint density at radius 1 is 0.926 bits per heavy atom. The normalized spacial score (nSPS) is 10.4. The first-order chi connectivity index (χ1) is 12.8. The van der Waals surface area contributed by atoms with E-state index in [4.69, 9.17) is 4.74 Å². The van der Waals surface area contributed by atoms with Crippen LogP contribution in [0.4, 0.5) is 5.69 Å². The molecule has 5 nitrogen and oxygen atoms in total. The van der Waals surface area contributed by atoms with Crippen molar-refractivity contribution in [2.45, 2.75) is 40.5 Å². The van der Waals surface area contributed by atoms with Crippen molar-refractivity contribution in [1.82, 2.24) is 0 Å². The van der Waals surface area contributed by atoms with Crippen LogP contribution < -0.4 is 5.32 Å². The molecule has 2 aromatic rings. The van der Waals surface area contributed by atoms with Crippen molar-refractivity contribution in [2.75, 3.05) is 11.9 Å². The predicted molar refractivity (Wildman–Crippen MR) is 105 cm³/mol. The van der Waals surface area contributed by atoms with E-state index in [2.05, 4.69) is 5.32 Å². The van der Waals surface area contributed by atoms with Crippen molar-refractivity contribution in [3.63, 3.8) is 0 Å². The summed E-state index contributed by atoms with van der Waals surface area (Å²) in [5.41, 5.74) is 5.23. The maximum Gasteiger partial charge on any atom is 0.306 e. The Kier molecular flexibility index (Phi) is 6.88. The molecule has 1 N–H and O–H groups in total. The fraction of sp³-hybridized carbons (Fsp3) is 0.318. The average molecular weight is 367 g/mol. The Morgan fingerprint density at radius 3 is 2.41 bits per heavy atom. The van der Waals surface area contributed by atoms with Gasteiger partial charge in [-0.2, -0.15) is 0 Å². The van der Waals surface area contributed by atoms with Gasteiger partial charge in [0.15, 0.2) is 12.4 Å². The summed E-state index contributed by atoms with van der Waals surface area (Å²) in [6.45, 7) is 7.28. The van der Waals surface area contributed by atoms with Crippen molar-refractivity contribution >= 4 is 23.3 Å². The summed E-state index contributed by atoms with van der Waals surface area (Å²) < 4.78 is 4.98. The van der Waals surface area contributed by atoms with Gasteiger partial charge in [0.1, 0.15) is 0 Å². The highest BCUT2D eigenvalue weighted by Gasteiger charge is 2.14. The van der Waals surface area contributed by atoms with Gasteiger partial charge in [0.25, 0.3) is 5.91 Å². The van der Waals surface area contributed by atoms with Crippen LogP contribution in [0.15, 0.2) is 36.4 Å². The van der Waals surface area contributed by atoms with Crippen LogP contribution >= 0.6 is 0 Å². The lowest BCUT2D eigenvalue weighted by Crippen LogP contribution is -2.21. The number of amides is 1. The molecule has 0 aliphatic carbocycles. The second-order valence-corrected chi connectivity index (χ2v) is 6.70. The molecule has 0 aromatic heterocycles. The van der Waals surface area contributed by atoms with Crippen LogP contribution in [0.25, 0.3) is 0 Å². The number of carbonyl (C=O) groups is 3. The predicted octanol–water partition coefficient (Wildman–Crippen LogP) is 4.07. The summed E-state index contributed by atoms with van der Waals surface area (Å²) in [5, 5.41) is 2.73. The van der Waals surface area contributed by atoms with Crippen molar-refractivity contribution in [3.05, 3.63) is 64.2 Å². The number of hydrogen-bond acceptors (Lipinski definition) is 4. The molecule has 2 rings (SSSR count). The van der Waals surface area contributed by atoms with Crippen LogP contribution in [0.5, 0.6) is 0 Å². The Balaban J connectivity index is 1.80. The number of esters is 1. The lowest BCUT2D eigenvalue weighted by atomic mass is 9.99. The first-order valence-electron chi connectivity index (χ1n) is 8.90. The van der Waals surface area contributed by atoms with Crippen molar-refractivity contribution in [3.8, 4) is 0 Å². The second-order valence-electron chi connectivity index (χ2n) is 6.70. The number of rotatable bonds is 7. The van der Waals surface area contributed by atoms with Gasteiger partial charge >= 0.3 is 5.97 Å². The topological polar surface area (TPSA) is 72.5 Å². The average Bonchev–Trinajstić information content (AvgIpc) is 2.63. The molecule has 2 aromatic carbocycles. The quantitative estimate of drug-likeness (QED) is 0.591. The number of hydrogen-bond donors (Lipinski definition) is 1. The number of ketones is 1. The molecule has 0 spiro atoms. The van der Waals surface area contributed by atoms with Crippen LogP contribution in [0, 0.1) is 27.7 Å². The van der Waals surface area contributed by atoms with Gasteiger partial charge in [0.2, 0.25) is 0 Å². The summed E-state index contributed by atoms with van der Waals surface area (Å²) in [6.07, 6.45) is 0.00466.